The van der Waals surface area contributed by atoms with Gasteiger partial charge in [-0.05, 0) is 18.6 Å². The fourth-order valence-corrected chi connectivity index (χ4v) is 1.12. The van der Waals surface area contributed by atoms with E-state index in [9.17, 15) is 4.79 Å². The van der Waals surface area contributed by atoms with Crippen molar-refractivity contribution < 1.29 is 4.79 Å². The molecule has 0 aliphatic carbocycles. The Bertz CT molecular complexity index is 363. The van der Waals surface area contributed by atoms with E-state index in [-0.39, 0.29) is 5.91 Å². The quantitative estimate of drug-likeness (QED) is 0.897. The number of hydrogen-bond donors (Lipinski definition) is 1. The highest BCUT2D eigenvalue weighted by Crippen LogP contribution is 2.03. The average molecular weight is 255 g/mol. The van der Waals surface area contributed by atoms with E-state index in [0.29, 0.717) is 12.2 Å². The number of aryl methyl sites for hydroxylation is 1. The molecule has 0 saturated carbocycles. The maximum Gasteiger partial charge on any atom is 0.270 e. The number of carbonyl (C=O) groups excluding carboxylic acids is 1. The number of nitrogens with zero attached hydrogens (tertiary/aromatic N) is 1. The number of amides is 1. The van der Waals surface area contributed by atoms with Crippen LogP contribution < -0.4 is 5.32 Å². The van der Waals surface area contributed by atoms with Gasteiger partial charge in [0.15, 0.2) is 0 Å². The minimum absolute atomic E-state index is 0.177. The fourth-order valence-electron chi connectivity index (χ4n) is 0.983. The van der Waals surface area contributed by atoms with Crippen molar-refractivity contribution in [2.75, 3.05) is 6.54 Å². The van der Waals surface area contributed by atoms with Gasteiger partial charge >= 0.3 is 0 Å². The molecular weight excluding hydrogens is 244 g/mol. The molecule has 1 heterocycles. The van der Waals surface area contributed by atoms with E-state index in [1.165, 1.54) is 0 Å². The molecule has 0 saturated heterocycles. The number of rotatable bonds is 3. The molecule has 0 atom stereocenters. The smallest absolute Gasteiger partial charge is 0.270 e. The molecule has 1 rings (SSSR count). The first-order chi connectivity index (χ1) is 6.61. The summed E-state index contributed by atoms with van der Waals surface area (Å²) in [4.78, 5) is 15.5. The van der Waals surface area contributed by atoms with E-state index in [1.807, 2.05) is 13.0 Å². The molecule has 0 aromatic carbocycles. The molecule has 0 unspecified atom stereocenters. The molecule has 0 radical (unpaired) electrons. The number of carbonyl (C=O) groups is 1. The average Bonchev–Trinajstić information content (AvgIpc) is 2.15. The molecule has 0 bridgehead atoms. The van der Waals surface area contributed by atoms with Gasteiger partial charge in [0.2, 0.25) is 0 Å². The van der Waals surface area contributed by atoms with Crippen LogP contribution in [0.3, 0.4) is 0 Å². The van der Waals surface area contributed by atoms with E-state index in [0.717, 1.165) is 10.0 Å². The van der Waals surface area contributed by atoms with Gasteiger partial charge in [-0.3, -0.25) is 9.78 Å². The summed E-state index contributed by atoms with van der Waals surface area (Å²) in [5.41, 5.74) is 1.33. The van der Waals surface area contributed by atoms with Gasteiger partial charge < -0.3 is 5.32 Å². The zero-order valence-corrected chi connectivity index (χ0v) is 9.47. The van der Waals surface area contributed by atoms with Gasteiger partial charge in [-0.25, -0.2) is 0 Å². The molecule has 1 aromatic heterocycles. The number of pyridine rings is 1. The predicted molar refractivity (Wildman–Crippen MR) is 59.4 cm³/mol. The van der Waals surface area contributed by atoms with Crippen LogP contribution >= 0.6 is 15.9 Å². The van der Waals surface area contributed by atoms with Gasteiger partial charge in [0.25, 0.3) is 5.91 Å². The zero-order valence-electron chi connectivity index (χ0n) is 7.88. The number of nitrogens with one attached hydrogen (secondary N) is 1. The van der Waals surface area contributed by atoms with E-state index in [4.69, 9.17) is 0 Å². The molecule has 74 valence electrons. The van der Waals surface area contributed by atoms with Crippen molar-refractivity contribution in [1.29, 1.82) is 0 Å². The van der Waals surface area contributed by atoms with E-state index in [2.05, 4.69) is 32.8 Å². The van der Waals surface area contributed by atoms with Crippen LogP contribution in [0.25, 0.3) is 0 Å². The monoisotopic (exact) mass is 254 g/mol. The van der Waals surface area contributed by atoms with Crippen LogP contribution in [0.15, 0.2) is 29.4 Å². The first kappa shape index (κ1) is 10.9. The van der Waals surface area contributed by atoms with Crippen LogP contribution in [-0.2, 0) is 0 Å². The maximum atomic E-state index is 11.5. The summed E-state index contributed by atoms with van der Waals surface area (Å²) in [7, 11) is 0. The summed E-state index contributed by atoms with van der Waals surface area (Å²) in [6, 6.07) is 3.65. The second kappa shape index (κ2) is 4.91. The Kier molecular flexibility index (Phi) is 3.83. The van der Waals surface area contributed by atoms with Gasteiger partial charge in [0, 0.05) is 17.2 Å². The second-order valence-electron chi connectivity index (χ2n) is 2.87. The van der Waals surface area contributed by atoms with Crippen molar-refractivity contribution in [3.8, 4) is 0 Å². The maximum absolute atomic E-state index is 11.5. The topological polar surface area (TPSA) is 42.0 Å². The molecule has 0 spiro atoms. The minimum Gasteiger partial charge on any atom is -0.346 e. The van der Waals surface area contributed by atoms with Gasteiger partial charge in [-0.1, -0.05) is 28.6 Å². The van der Waals surface area contributed by atoms with Gasteiger partial charge in [-0.2, -0.15) is 0 Å². The van der Waals surface area contributed by atoms with Crippen LogP contribution in [0.5, 0.6) is 0 Å². The molecule has 1 amide bonds. The SMILES string of the molecule is C=C(Br)CNC(=O)c1ncccc1C. The third-order valence-corrected chi connectivity index (χ3v) is 1.95. The van der Waals surface area contributed by atoms with Gasteiger partial charge in [-0.15, -0.1) is 0 Å². The standard InChI is InChI=1S/C10H11BrN2O/c1-7-4-3-5-12-9(7)10(14)13-6-8(2)11/h3-5H,2,6H2,1H3,(H,13,14). The third-order valence-electron chi connectivity index (χ3n) is 1.67. The zero-order chi connectivity index (χ0) is 10.6. The lowest BCUT2D eigenvalue weighted by molar-refractivity contribution is 0.0952. The van der Waals surface area contributed by atoms with Crippen LogP contribution in [0.4, 0.5) is 0 Å². The Balaban J connectivity index is 2.70. The fraction of sp³-hybridized carbons (Fsp3) is 0.200. The highest BCUT2D eigenvalue weighted by atomic mass is 79.9. The molecular formula is C10H11BrN2O. The molecule has 0 fully saturated rings. The lowest BCUT2D eigenvalue weighted by Crippen LogP contribution is -2.26. The van der Waals surface area contributed by atoms with Crippen molar-refractivity contribution in [3.63, 3.8) is 0 Å². The van der Waals surface area contributed by atoms with Crippen LogP contribution in [0, 0.1) is 6.92 Å². The van der Waals surface area contributed by atoms with Gasteiger partial charge in [0.05, 0.1) is 0 Å². The van der Waals surface area contributed by atoms with Crippen LogP contribution in [-0.4, -0.2) is 17.4 Å². The summed E-state index contributed by atoms with van der Waals surface area (Å²) in [5.74, 6) is -0.177. The molecule has 14 heavy (non-hydrogen) atoms. The molecule has 1 N–H and O–H groups in total. The normalized spacial score (nSPS) is 9.57. The molecule has 3 nitrogen and oxygen atoms in total. The molecule has 4 heteroatoms. The summed E-state index contributed by atoms with van der Waals surface area (Å²) < 4.78 is 0.736. The number of halogens is 1. The highest BCUT2D eigenvalue weighted by molar-refractivity contribution is 9.11. The molecule has 0 aliphatic heterocycles. The summed E-state index contributed by atoms with van der Waals surface area (Å²) >= 11 is 3.16. The largest absolute Gasteiger partial charge is 0.346 e. The summed E-state index contributed by atoms with van der Waals surface area (Å²) in [5, 5.41) is 2.69. The van der Waals surface area contributed by atoms with Crippen molar-refractivity contribution in [2.45, 2.75) is 6.92 Å². The minimum atomic E-state index is -0.177. The number of aromatic nitrogens is 1. The van der Waals surface area contributed by atoms with E-state index in [1.54, 1.807) is 12.3 Å². The Labute approximate surface area is 91.4 Å². The Hall–Kier alpha value is -1.16. The first-order valence-electron chi connectivity index (χ1n) is 4.14. The molecule has 0 aliphatic rings. The summed E-state index contributed by atoms with van der Waals surface area (Å²) in [6.07, 6.45) is 1.60. The first-order valence-corrected chi connectivity index (χ1v) is 4.93. The lowest BCUT2D eigenvalue weighted by atomic mass is 10.2. The van der Waals surface area contributed by atoms with E-state index >= 15 is 0 Å². The van der Waals surface area contributed by atoms with E-state index < -0.39 is 0 Å². The summed E-state index contributed by atoms with van der Waals surface area (Å²) in [6.45, 7) is 5.89. The van der Waals surface area contributed by atoms with Crippen molar-refractivity contribution in [2.24, 2.45) is 0 Å². The Morgan fingerprint density at radius 1 is 1.71 bits per heavy atom. The number of hydrogen-bond acceptors (Lipinski definition) is 2. The van der Waals surface area contributed by atoms with Crippen molar-refractivity contribution in [3.05, 3.63) is 40.6 Å². The van der Waals surface area contributed by atoms with Crippen LogP contribution in [0.2, 0.25) is 0 Å². The Morgan fingerprint density at radius 2 is 2.43 bits per heavy atom. The second-order valence-corrected chi connectivity index (χ2v) is 3.99. The van der Waals surface area contributed by atoms with Gasteiger partial charge in [0.1, 0.15) is 5.69 Å². The molecule has 1 aromatic rings. The van der Waals surface area contributed by atoms with Crippen LogP contribution in [0.1, 0.15) is 16.1 Å². The third kappa shape index (κ3) is 2.96. The Morgan fingerprint density at radius 3 is 3.00 bits per heavy atom. The van der Waals surface area contributed by atoms with Crippen molar-refractivity contribution in [1.82, 2.24) is 10.3 Å². The predicted octanol–water partition coefficient (Wildman–Crippen LogP) is 2.03. The van der Waals surface area contributed by atoms with Crippen molar-refractivity contribution >= 4 is 21.8 Å². The highest BCUT2D eigenvalue weighted by Gasteiger charge is 2.08. The lowest BCUT2D eigenvalue weighted by Gasteiger charge is -2.04.